The molecule has 1 aromatic carbocycles. The van der Waals surface area contributed by atoms with Crippen LogP contribution in [0.2, 0.25) is 0 Å². The second-order valence-electron chi connectivity index (χ2n) is 8.64. The SMILES string of the molecule is CCNC(=NCc1ccc(C)cc1OCC1CCCO1)NCC(C)N1CCOCC1C. The molecule has 3 rings (SSSR count). The molecule has 2 N–H and O–H groups in total. The predicted molar refractivity (Wildman–Crippen MR) is 125 cm³/mol. The fourth-order valence-electron chi connectivity index (χ4n) is 4.15. The Balaban J connectivity index is 1.58. The first kappa shape index (κ1) is 23.8. The van der Waals surface area contributed by atoms with Gasteiger partial charge in [-0.25, -0.2) is 4.99 Å². The Kier molecular flexibility index (Phi) is 9.43. The van der Waals surface area contributed by atoms with Crippen molar-refractivity contribution in [3.05, 3.63) is 29.3 Å². The van der Waals surface area contributed by atoms with Crippen molar-refractivity contribution in [1.82, 2.24) is 15.5 Å². The van der Waals surface area contributed by atoms with E-state index in [-0.39, 0.29) is 6.10 Å². The third kappa shape index (κ3) is 7.37. The summed E-state index contributed by atoms with van der Waals surface area (Å²) >= 11 is 0. The van der Waals surface area contributed by atoms with Gasteiger partial charge in [-0.3, -0.25) is 4.90 Å². The second-order valence-corrected chi connectivity index (χ2v) is 8.64. The van der Waals surface area contributed by atoms with Gasteiger partial charge < -0.3 is 24.8 Å². The second kappa shape index (κ2) is 12.3. The number of rotatable bonds is 9. The number of hydrogen-bond acceptors (Lipinski definition) is 5. The molecule has 2 saturated heterocycles. The molecule has 0 bridgehead atoms. The lowest BCUT2D eigenvalue weighted by atomic mass is 10.1. The van der Waals surface area contributed by atoms with E-state index >= 15 is 0 Å². The molecule has 2 aliphatic heterocycles. The zero-order valence-electron chi connectivity index (χ0n) is 19.7. The van der Waals surface area contributed by atoms with E-state index in [0.717, 1.165) is 69.6 Å². The van der Waals surface area contributed by atoms with Gasteiger partial charge >= 0.3 is 0 Å². The van der Waals surface area contributed by atoms with Crippen LogP contribution in [0, 0.1) is 6.92 Å². The van der Waals surface area contributed by atoms with Gasteiger partial charge in [0.25, 0.3) is 0 Å². The van der Waals surface area contributed by atoms with Crippen molar-refractivity contribution in [3.8, 4) is 5.75 Å². The number of nitrogens with zero attached hydrogens (tertiary/aromatic N) is 2. The van der Waals surface area contributed by atoms with Crippen LogP contribution in [-0.2, 0) is 16.0 Å². The molecule has 174 valence electrons. The summed E-state index contributed by atoms with van der Waals surface area (Å²) in [6.07, 6.45) is 2.41. The number of ether oxygens (including phenoxy) is 3. The third-order valence-corrected chi connectivity index (χ3v) is 5.97. The van der Waals surface area contributed by atoms with Gasteiger partial charge in [-0.2, -0.15) is 0 Å². The molecule has 2 fully saturated rings. The van der Waals surface area contributed by atoms with Crippen LogP contribution < -0.4 is 15.4 Å². The molecule has 7 heteroatoms. The lowest BCUT2D eigenvalue weighted by molar-refractivity contribution is -0.0174. The third-order valence-electron chi connectivity index (χ3n) is 5.97. The van der Waals surface area contributed by atoms with Crippen molar-refractivity contribution >= 4 is 5.96 Å². The molecule has 0 saturated carbocycles. The summed E-state index contributed by atoms with van der Waals surface area (Å²) < 4.78 is 17.4. The highest BCUT2D eigenvalue weighted by molar-refractivity contribution is 5.79. The van der Waals surface area contributed by atoms with E-state index in [4.69, 9.17) is 19.2 Å². The maximum atomic E-state index is 6.13. The Morgan fingerprint density at radius 1 is 1.32 bits per heavy atom. The van der Waals surface area contributed by atoms with Crippen molar-refractivity contribution in [3.63, 3.8) is 0 Å². The van der Waals surface area contributed by atoms with Gasteiger partial charge in [0.2, 0.25) is 0 Å². The van der Waals surface area contributed by atoms with Crippen LogP contribution in [0.15, 0.2) is 23.2 Å². The Bertz CT molecular complexity index is 706. The highest BCUT2D eigenvalue weighted by Gasteiger charge is 2.23. The smallest absolute Gasteiger partial charge is 0.191 e. The molecule has 0 amide bonds. The summed E-state index contributed by atoms with van der Waals surface area (Å²) in [4.78, 5) is 7.33. The van der Waals surface area contributed by atoms with Gasteiger partial charge in [0.05, 0.1) is 25.9 Å². The number of benzene rings is 1. The van der Waals surface area contributed by atoms with Crippen LogP contribution >= 0.6 is 0 Å². The first-order chi connectivity index (χ1) is 15.1. The van der Waals surface area contributed by atoms with Crippen molar-refractivity contribution in [2.24, 2.45) is 4.99 Å². The number of nitrogens with one attached hydrogen (secondary N) is 2. The minimum absolute atomic E-state index is 0.208. The Labute approximate surface area is 187 Å². The molecule has 0 spiro atoms. The minimum atomic E-state index is 0.208. The predicted octanol–water partition coefficient (Wildman–Crippen LogP) is 2.72. The molecule has 0 radical (unpaired) electrons. The van der Waals surface area contributed by atoms with Crippen LogP contribution in [0.4, 0.5) is 0 Å². The normalized spacial score (nSPS) is 23.5. The van der Waals surface area contributed by atoms with Crippen LogP contribution in [0.1, 0.15) is 44.7 Å². The van der Waals surface area contributed by atoms with Crippen molar-refractivity contribution in [1.29, 1.82) is 0 Å². The van der Waals surface area contributed by atoms with Gasteiger partial charge in [0, 0.05) is 43.9 Å². The maximum absolute atomic E-state index is 6.13. The Morgan fingerprint density at radius 3 is 2.94 bits per heavy atom. The molecule has 1 aromatic rings. The molecular formula is C24H40N4O3. The van der Waals surface area contributed by atoms with E-state index in [9.17, 15) is 0 Å². The van der Waals surface area contributed by atoms with Crippen LogP contribution in [0.5, 0.6) is 5.75 Å². The quantitative estimate of drug-likeness (QED) is 0.462. The van der Waals surface area contributed by atoms with Crippen molar-refractivity contribution in [2.75, 3.05) is 46.1 Å². The highest BCUT2D eigenvalue weighted by atomic mass is 16.5. The first-order valence-electron chi connectivity index (χ1n) is 11.8. The number of guanidine groups is 1. The molecule has 2 heterocycles. The van der Waals surface area contributed by atoms with Gasteiger partial charge in [0.1, 0.15) is 12.4 Å². The number of aliphatic imine (C=N–C) groups is 1. The molecule has 31 heavy (non-hydrogen) atoms. The van der Waals surface area contributed by atoms with Gasteiger partial charge in [0.15, 0.2) is 5.96 Å². The molecule has 3 atom stereocenters. The number of aryl methyl sites for hydroxylation is 1. The largest absolute Gasteiger partial charge is 0.491 e. The summed E-state index contributed by atoms with van der Waals surface area (Å²) in [5.74, 6) is 1.74. The monoisotopic (exact) mass is 432 g/mol. The lowest BCUT2D eigenvalue weighted by Gasteiger charge is -2.38. The lowest BCUT2D eigenvalue weighted by Crippen LogP contribution is -2.53. The summed E-state index contributed by atoms with van der Waals surface area (Å²) in [6.45, 7) is 14.9. The summed E-state index contributed by atoms with van der Waals surface area (Å²) in [7, 11) is 0. The molecular weight excluding hydrogens is 392 g/mol. The Hall–Kier alpha value is -1.83. The van der Waals surface area contributed by atoms with E-state index in [0.29, 0.717) is 25.2 Å². The average molecular weight is 433 g/mol. The highest BCUT2D eigenvalue weighted by Crippen LogP contribution is 2.23. The maximum Gasteiger partial charge on any atom is 0.191 e. The van der Waals surface area contributed by atoms with Crippen LogP contribution in [0.3, 0.4) is 0 Å². The summed E-state index contributed by atoms with van der Waals surface area (Å²) in [6, 6.07) is 7.19. The molecule has 2 aliphatic rings. The van der Waals surface area contributed by atoms with E-state index in [1.807, 2.05) is 0 Å². The minimum Gasteiger partial charge on any atom is -0.491 e. The van der Waals surface area contributed by atoms with Crippen molar-refractivity contribution in [2.45, 2.75) is 65.3 Å². The summed E-state index contributed by atoms with van der Waals surface area (Å²) in [5, 5.41) is 6.88. The van der Waals surface area contributed by atoms with Gasteiger partial charge in [-0.15, -0.1) is 0 Å². The van der Waals surface area contributed by atoms with E-state index in [1.165, 1.54) is 5.56 Å². The molecule has 3 unspecified atom stereocenters. The van der Waals surface area contributed by atoms with E-state index < -0.39 is 0 Å². The average Bonchev–Trinajstić information content (AvgIpc) is 3.29. The van der Waals surface area contributed by atoms with E-state index in [2.05, 4.69) is 61.4 Å². The number of hydrogen-bond donors (Lipinski definition) is 2. The van der Waals surface area contributed by atoms with Crippen LogP contribution in [0.25, 0.3) is 0 Å². The molecule has 7 nitrogen and oxygen atoms in total. The van der Waals surface area contributed by atoms with Crippen molar-refractivity contribution < 1.29 is 14.2 Å². The van der Waals surface area contributed by atoms with Gasteiger partial charge in [-0.05, 0) is 52.2 Å². The fraction of sp³-hybridized carbons (Fsp3) is 0.708. The molecule has 0 aliphatic carbocycles. The van der Waals surface area contributed by atoms with Gasteiger partial charge in [-0.1, -0.05) is 12.1 Å². The molecule has 0 aromatic heterocycles. The fourth-order valence-corrected chi connectivity index (χ4v) is 4.15. The van der Waals surface area contributed by atoms with Crippen LogP contribution in [-0.4, -0.2) is 75.1 Å². The standard InChI is InChI=1S/C24H40N4O3/c1-5-25-24(26-14-19(3)28-10-12-29-16-20(28)4)27-15-21-9-8-18(2)13-23(21)31-17-22-7-6-11-30-22/h8-9,13,19-20,22H,5-7,10-12,14-17H2,1-4H3,(H2,25,26,27). The zero-order chi connectivity index (χ0) is 22.1. The zero-order valence-corrected chi connectivity index (χ0v) is 19.7. The topological polar surface area (TPSA) is 67.4 Å². The Morgan fingerprint density at radius 2 is 2.19 bits per heavy atom. The first-order valence-corrected chi connectivity index (χ1v) is 11.8. The summed E-state index contributed by atoms with van der Waals surface area (Å²) in [5.41, 5.74) is 2.28. The number of morpholine rings is 1. The van der Waals surface area contributed by atoms with E-state index in [1.54, 1.807) is 0 Å².